The number of anilines is 1. The van der Waals surface area contributed by atoms with E-state index in [1.807, 2.05) is 109 Å². The van der Waals surface area contributed by atoms with Gasteiger partial charge in [-0.3, -0.25) is 9.36 Å². The van der Waals surface area contributed by atoms with Gasteiger partial charge >= 0.3 is 0 Å². The average Bonchev–Trinajstić information content (AvgIpc) is 3.35. The first-order chi connectivity index (χ1) is 18.6. The van der Waals surface area contributed by atoms with Crippen LogP contribution in [0.3, 0.4) is 0 Å². The molecule has 38 heavy (non-hydrogen) atoms. The van der Waals surface area contributed by atoms with Gasteiger partial charge in [0.2, 0.25) is 0 Å². The third kappa shape index (κ3) is 6.04. The molecule has 0 bridgehead atoms. The van der Waals surface area contributed by atoms with E-state index >= 15 is 0 Å². The number of fused-ring (bicyclic) bond motifs is 1. The van der Waals surface area contributed by atoms with Crippen LogP contribution in [0, 0.1) is 0 Å². The predicted octanol–water partition coefficient (Wildman–Crippen LogP) is 6.32. The second kappa shape index (κ2) is 11.9. The van der Waals surface area contributed by atoms with Gasteiger partial charge in [-0.25, -0.2) is 5.43 Å². The molecule has 0 saturated carbocycles. The number of thioether (sulfide) groups is 1. The smallest absolute Gasteiger partial charge is 0.253 e. The molecule has 1 amide bonds. The highest BCUT2D eigenvalue weighted by Crippen LogP contribution is 2.26. The van der Waals surface area contributed by atoms with Gasteiger partial charge < -0.3 is 5.32 Å². The van der Waals surface area contributed by atoms with Gasteiger partial charge in [0.25, 0.3) is 5.91 Å². The lowest BCUT2D eigenvalue weighted by atomic mass is 10.1. The van der Waals surface area contributed by atoms with E-state index in [-0.39, 0.29) is 5.91 Å². The van der Waals surface area contributed by atoms with Crippen LogP contribution in [0.1, 0.15) is 18.3 Å². The minimum Gasteiger partial charge on any atom is -0.378 e. The minimum absolute atomic E-state index is 0.227. The molecule has 1 atom stereocenters. The van der Waals surface area contributed by atoms with Crippen molar-refractivity contribution >= 4 is 51.9 Å². The van der Waals surface area contributed by atoms with Crippen LogP contribution in [0.15, 0.2) is 107 Å². The number of hydrogen-bond donors (Lipinski definition) is 2. The summed E-state index contributed by atoms with van der Waals surface area (Å²) >= 11 is 7.32. The van der Waals surface area contributed by atoms with Crippen LogP contribution in [-0.2, 0) is 11.3 Å². The highest BCUT2D eigenvalue weighted by atomic mass is 35.5. The van der Waals surface area contributed by atoms with Crippen molar-refractivity contribution < 1.29 is 4.79 Å². The van der Waals surface area contributed by atoms with Crippen LogP contribution >= 0.6 is 23.4 Å². The van der Waals surface area contributed by atoms with Crippen LogP contribution in [0.4, 0.5) is 5.69 Å². The molecule has 0 unspecified atom stereocenters. The van der Waals surface area contributed by atoms with Crippen LogP contribution in [-0.4, -0.2) is 32.1 Å². The van der Waals surface area contributed by atoms with Gasteiger partial charge in [-0.2, -0.15) is 5.10 Å². The van der Waals surface area contributed by atoms with Gasteiger partial charge in [-0.05, 0) is 54.1 Å². The molecule has 1 heterocycles. The molecule has 9 heteroatoms. The summed E-state index contributed by atoms with van der Waals surface area (Å²) in [4.78, 5) is 12.9. The third-order valence-electron chi connectivity index (χ3n) is 5.86. The number of carbonyl (C=O) groups excluding carboxylic acids is 1. The van der Waals surface area contributed by atoms with Crippen LogP contribution in [0.5, 0.6) is 0 Å². The number of nitrogens with one attached hydrogen (secondary N) is 2. The number of benzene rings is 4. The van der Waals surface area contributed by atoms with E-state index in [4.69, 9.17) is 11.6 Å². The SMILES string of the molecule is C[C@@H](Sc1nnc(CNc2ccc(Cl)cc2)n1-c1ccccc1)C(=O)N/N=C\c1cccc2ccccc12. The second-order valence-corrected chi connectivity index (χ2v) is 10.2. The second-order valence-electron chi connectivity index (χ2n) is 8.49. The Bertz CT molecular complexity index is 1560. The summed E-state index contributed by atoms with van der Waals surface area (Å²) in [6.07, 6.45) is 1.67. The lowest BCUT2D eigenvalue weighted by Gasteiger charge is -2.13. The number of aromatic nitrogens is 3. The zero-order chi connectivity index (χ0) is 26.3. The topological polar surface area (TPSA) is 84.2 Å². The molecule has 0 aliphatic heterocycles. The van der Waals surface area contributed by atoms with Gasteiger partial charge in [0.05, 0.1) is 18.0 Å². The molecule has 190 valence electrons. The number of hydrazone groups is 1. The van der Waals surface area contributed by atoms with Crippen LogP contribution in [0.25, 0.3) is 16.5 Å². The maximum atomic E-state index is 12.9. The first-order valence-corrected chi connectivity index (χ1v) is 13.3. The fourth-order valence-electron chi connectivity index (χ4n) is 3.91. The van der Waals surface area contributed by atoms with Crippen molar-refractivity contribution in [2.75, 3.05) is 5.32 Å². The monoisotopic (exact) mass is 540 g/mol. The number of amides is 1. The summed E-state index contributed by atoms with van der Waals surface area (Å²) in [6, 6.07) is 31.4. The summed E-state index contributed by atoms with van der Waals surface area (Å²) in [5.74, 6) is 0.491. The van der Waals surface area contributed by atoms with E-state index in [2.05, 4.69) is 26.0 Å². The first kappa shape index (κ1) is 25.5. The summed E-state index contributed by atoms with van der Waals surface area (Å²) in [6.45, 7) is 2.27. The van der Waals surface area contributed by atoms with Crippen molar-refractivity contribution in [1.29, 1.82) is 0 Å². The Morgan fingerprint density at radius 1 is 0.974 bits per heavy atom. The summed E-state index contributed by atoms with van der Waals surface area (Å²) in [5.41, 5.74) is 5.43. The van der Waals surface area contributed by atoms with Crippen LogP contribution < -0.4 is 10.7 Å². The molecule has 2 N–H and O–H groups in total. The van der Waals surface area contributed by atoms with E-state index in [0.717, 1.165) is 33.5 Å². The van der Waals surface area contributed by atoms with E-state index in [0.29, 0.717) is 16.7 Å². The van der Waals surface area contributed by atoms with E-state index < -0.39 is 5.25 Å². The summed E-state index contributed by atoms with van der Waals surface area (Å²) in [7, 11) is 0. The lowest BCUT2D eigenvalue weighted by molar-refractivity contribution is -0.120. The van der Waals surface area contributed by atoms with Crippen molar-refractivity contribution in [3.63, 3.8) is 0 Å². The fraction of sp³-hybridized carbons (Fsp3) is 0.103. The highest BCUT2D eigenvalue weighted by molar-refractivity contribution is 8.00. The molecule has 0 fully saturated rings. The van der Waals surface area contributed by atoms with Crippen molar-refractivity contribution in [2.24, 2.45) is 5.10 Å². The minimum atomic E-state index is -0.455. The number of nitrogens with zero attached hydrogens (tertiary/aromatic N) is 4. The molecule has 0 aliphatic rings. The summed E-state index contributed by atoms with van der Waals surface area (Å²) in [5, 5.41) is 19.4. The Morgan fingerprint density at radius 3 is 2.53 bits per heavy atom. The first-order valence-electron chi connectivity index (χ1n) is 12.0. The number of rotatable bonds is 9. The highest BCUT2D eigenvalue weighted by Gasteiger charge is 2.21. The van der Waals surface area contributed by atoms with Crippen molar-refractivity contribution in [1.82, 2.24) is 20.2 Å². The normalized spacial score (nSPS) is 12.1. The largest absolute Gasteiger partial charge is 0.378 e. The third-order valence-corrected chi connectivity index (χ3v) is 7.16. The van der Waals surface area contributed by atoms with Crippen molar-refractivity contribution in [3.8, 4) is 5.69 Å². The molecule has 1 aromatic heterocycles. The Morgan fingerprint density at radius 2 is 1.71 bits per heavy atom. The molecular formula is C29H25ClN6OS. The molecule has 0 spiro atoms. The number of para-hydroxylation sites is 1. The van der Waals surface area contributed by atoms with Gasteiger partial charge in [0.15, 0.2) is 11.0 Å². The zero-order valence-electron chi connectivity index (χ0n) is 20.6. The Labute approximate surface area is 229 Å². The predicted molar refractivity (Wildman–Crippen MR) is 155 cm³/mol. The Balaban J connectivity index is 1.29. The lowest BCUT2D eigenvalue weighted by Crippen LogP contribution is -2.27. The van der Waals surface area contributed by atoms with E-state index in [1.54, 1.807) is 6.21 Å². The quantitative estimate of drug-likeness (QED) is 0.130. The van der Waals surface area contributed by atoms with Gasteiger partial charge in [0, 0.05) is 22.0 Å². The molecule has 0 saturated heterocycles. The number of hydrogen-bond acceptors (Lipinski definition) is 6. The molecule has 7 nitrogen and oxygen atoms in total. The molecule has 0 radical (unpaired) electrons. The number of carbonyl (C=O) groups is 1. The fourth-order valence-corrected chi connectivity index (χ4v) is 4.91. The maximum absolute atomic E-state index is 12.9. The molecular weight excluding hydrogens is 516 g/mol. The standard InChI is InChI=1S/C29H25ClN6OS/c1-20(28(37)34-32-18-22-10-7-9-21-8-5-6-13-26(21)22)38-29-35-33-27(36(29)25-11-3-2-4-12-25)19-31-24-16-14-23(30)15-17-24/h2-18,20,31H,19H2,1H3,(H,34,37)/b32-18-/t20-/m1/s1. The van der Waals surface area contributed by atoms with Gasteiger partial charge in [0.1, 0.15) is 0 Å². The maximum Gasteiger partial charge on any atom is 0.253 e. The Hall–Kier alpha value is -4.14. The Kier molecular flexibility index (Phi) is 8.01. The number of halogens is 1. The average molecular weight is 541 g/mol. The van der Waals surface area contributed by atoms with E-state index in [9.17, 15) is 4.79 Å². The van der Waals surface area contributed by atoms with Crippen molar-refractivity contribution in [3.05, 3.63) is 113 Å². The molecule has 5 aromatic rings. The van der Waals surface area contributed by atoms with Crippen LogP contribution in [0.2, 0.25) is 5.02 Å². The molecule has 4 aromatic carbocycles. The molecule has 0 aliphatic carbocycles. The molecule has 5 rings (SSSR count). The van der Waals surface area contributed by atoms with Gasteiger partial charge in [-0.1, -0.05) is 84.0 Å². The van der Waals surface area contributed by atoms with Crippen molar-refractivity contribution in [2.45, 2.75) is 23.9 Å². The zero-order valence-corrected chi connectivity index (χ0v) is 22.2. The van der Waals surface area contributed by atoms with Gasteiger partial charge in [-0.15, -0.1) is 10.2 Å². The van der Waals surface area contributed by atoms with E-state index in [1.165, 1.54) is 11.8 Å². The summed E-state index contributed by atoms with van der Waals surface area (Å²) < 4.78 is 1.96.